The van der Waals surface area contributed by atoms with Gasteiger partial charge in [0, 0.05) is 19.4 Å². The number of rotatable bonds is 13. The fourth-order valence-electron chi connectivity index (χ4n) is 3.13. The van der Waals surface area contributed by atoms with Crippen LogP contribution < -0.4 is 0 Å². The zero-order chi connectivity index (χ0) is 19.6. The van der Waals surface area contributed by atoms with Crippen LogP contribution in [0.4, 0.5) is 8.78 Å². The standard InChI is InChI=1S/C19H31F2NO4/c1-2-3-6-9-16(23)12-11-15-14-19(20,21)18(26)22(15)13-8-5-4-7-10-17(24)25/h11-12,15-16,23H,2-10,13-14H2,1H3,(H,24,25)/t15-,16-/m0/s1. The number of carboxylic acid groups (broad SMARTS) is 1. The summed E-state index contributed by atoms with van der Waals surface area (Å²) in [4.78, 5) is 23.5. The average Bonchev–Trinajstić information content (AvgIpc) is 2.78. The number of unbranched alkanes of at least 4 members (excludes halogenated alkanes) is 5. The normalized spacial score (nSPS) is 20.8. The molecule has 1 aliphatic rings. The number of nitrogens with zero attached hydrogens (tertiary/aromatic N) is 1. The number of amides is 1. The lowest BCUT2D eigenvalue weighted by Gasteiger charge is -2.22. The second-order valence-electron chi connectivity index (χ2n) is 6.98. The number of carbonyl (C=O) groups excluding carboxylic acids is 1. The maximum absolute atomic E-state index is 13.8. The van der Waals surface area contributed by atoms with E-state index in [1.54, 1.807) is 0 Å². The molecule has 2 N–H and O–H groups in total. The van der Waals surface area contributed by atoms with E-state index in [9.17, 15) is 23.5 Å². The third-order valence-corrected chi connectivity index (χ3v) is 4.64. The number of carbonyl (C=O) groups is 2. The predicted octanol–water partition coefficient (Wildman–Crippen LogP) is 3.76. The van der Waals surface area contributed by atoms with Gasteiger partial charge in [0.05, 0.1) is 12.1 Å². The summed E-state index contributed by atoms with van der Waals surface area (Å²) in [6, 6.07) is -0.697. The predicted molar refractivity (Wildman–Crippen MR) is 95.1 cm³/mol. The van der Waals surface area contributed by atoms with Crippen LogP contribution in [-0.4, -0.2) is 51.6 Å². The van der Waals surface area contributed by atoms with E-state index in [2.05, 4.69) is 6.92 Å². The van der Waals surface area contributed by atoms with E-state index < -0.39 is 36.4 Å². The zero-order valence-electron chi connectivity index (χ0n) is 15.5. The molecule has 0 aromatic heterocycles. The van der Waals surface area contributed by atoms with Crippen molar-refractivity contribution in [3.63, 3.8) is 0 Å². The van der Waals surface area contributed by atoms with E-state index in [1.165, 1.54) is 17.1 Å². The van der Waals surface area contributed by atoms with Crippen molar-refractivity contribution in [3.8, 4) is 0 Å². The second kappa shape index (κ2) is 11.3. The first-order chi connectivity index (χ1) is 12.3. The van der Waals surface area contributed by atoms with Crippen molar-refractivity contribution in [3.05, 3.63) is 12.2 Å². The van der Waals surface area contributed by atoms with Crippen LogP contribution in [0.15, 0.2) is 12.2 Å². The number of alkyl halides is 2. The van der Waals surface area contributed by atoms with Gasteiger partial charge in [-0.25, -0.2) is 0 Å². The van der Waals surface area contributed by atoms with Crippen molar-refractivity contribution < 1.29 is 28.6 Å². The molecular weight excluding hydrogens is 344 g/mol. The number of hydrogen-bond acceptors (Lipinski definition) is 3. The molecule has 7 heteroatoms. The first-order valence-corrected chi connectivity index (χ1v) is 9.55. The molecule has 2 atom stereocenters. The summed E-state index contributed by atoms with van der Waals surface area (Å²) in [5, 5.41) is 18.5. The monoisotopic (exact) mass is 375 g/mol. The fraction of sp³-hybridized carbons (Fsp3) is 0.789. The molecule has 1 aliphatic heterocycles. The smallest absolute Gasteiger partial charge is 0.327 e. The summed E-state index contributed by atoms with van der Waals surface area (Å²) in [6.45, 7) is 2.29. The van der Waals surface area contributed by atoms with E-state index >= 15 is 0 Å². The Morgan fingerprint density at radius 1 is 1.27 bits per heavy atom. The van der Waals surface area contributed by atoms with Gasteiger partial charge in [-0.05, 0) is 19.3 Å². The molecule has 0 aromatic carbocycles. The fourth-order valence-corrected chi connectivity index (χ4v) is 3.13. The van der Waals surface area contributed by atoms with Crippen LogP contribution in [0.2, 0.25) is 0 Å². The van der Waals surface area contributed by atoms with Crippen LogP contribution in [0.3, 0.4) is 0 Å². The van der Waals surface area contributed by atoms with E-state index in [-0.39, 0.29) is 13.0 Å². The van der Waals surface area contributed by atoms with Crippen LogP contribution in [0, 0.1) is 0 Å². The molecule has 0 radical (unpaired) electrons. The van der Waals surface area contributed by atoms with Crippen molar-refractivity contribution >= 4 is 11.9 Å². The second-order valence-corrected chi connectivity index (χ2v) is 6.98. The molecule has 1 amide bonds. The SMILES string of the molecule is CCCCC[C@H](O)C=C[C@H]1CC(F)(F)C(=O)N1CCCCCCC(=O)O. The molecule has 26 heavy (non-hydrogen) atoms. The Morgan fingerprint density at radius 2 is 1.96 bits per heavy atom. The van der Waals surface area contributed by atoms with Gasteiger partial charge in [-0.1, -0.05) is 51.2 Å². The molecular formula is C19H31F2NO4. The molecule has 0 aromatic rings. The molecule has 1 heterocycles. The van der Waals surface area contributed by atoms with E-state index in [4.69, 9.17) is 5.11 Å². The summed E-state index contributed by atoms with van der Waals surface area (Å²) in [7, 11) is 0. The van der Waals surface area contributed by atoms with Gasteiger partial charge < -0.3 is 15.1 Å². The minimum atomic E-state index is -3.36. The molecule has 0 spiro atoms. The molecule has 150 valence electrons. The van der Waals surface area contributed by atoms with E-state index in [1.807, 2.05) is 0 Å². The van der Waals surface area contributed by atoms with Gasteiger partial charge in [-0.15, -0.1) is 0 Å². The average molecular weight is 375 g/mol. The van der Waals surface area contributed by atoms with Gasteiger partial charge in [0.2, 0.25) is 0 Å². The Hall–Kier alpha value is -1.50. The van der Waals surface area contributed by atoms with Gasteiger partial charge in [-0.3, -0.25) is 9.59 Å². The highest BCUT2D eigenvalue weighted by Gasteiger charge is 2.52. The summed E-state index contributed by atoms with van der Waals surface area (Å²) < 4.78 is 27.6. The Kier molecular flexibility index (Phi) is 9.76. The van der Waals surface area contributed by atoms with Crippen molar-refractivity contribution in [2.75, 3.05) is 6.54 Å². The highest BCUT2D eigenvalue weighted by molar-refractivity contribution is 5.86. The Balaban J connectivity index is 2.48. The quantitative estimate of drug-likeness (QED) is 0.380. The molecule has 0 saturated carbocycles. The van der Waals surface area contributed by atoms with E-state index in [0.717, 1.165) is 19.3 Å². The van der Waals surface area contributed by atoms with Gasteiger partial charge in [0.25, 0.3) is 5.91 Å². The summed E-state index contributed by atoms with van der Waals surface area (Å²) in [5.41, 5.74) is 0. The number of halogens is 2. The first kappa shape index (κ1) is 22.5. The van der Waals surface area contributed by atoms with E-state index in [0.29, 0.717) is 32.1 Å². The maximum Gasteiger partial charge on any atom is 0.327 e. The summed E-state index contributed by atoms with van der Waals surface area (Å²) in [5.74, 6) is -5.36. The topological polar surface area (TPSA) is 77.8 Å². The molecule has 0 aliphatic carbocycles. The summed E-state index contributed by atoms with van der Waals surface area (Å²) >= 11 is 0. The highest BCUT2D eigenvalue weighted by Crippen LogP contribution is 2.34. The van der Waals surface area contributed by atoms with Gasteiger partial charge >= 0.3 is 11.9 Å². The minimum absolute atomic E-state index is 0.0992. The molecule has 1 fully saturated rings. The molecule has 1 rings (SSSR count). The Morgan fingerprint density at radius 3 is 2.62 bits per heavy atom. The van der Waals surface area contributed by atoms with Crippen LogP contribution in [0.1, 0.15) is 71.1 Å². The van der Waals surface area contributed by atoms with Crippen LogP contribution >= 0.6 is 0 Å². The third kappa shape index (κ3) is 7.81. The van der Waals surface area contributed by atoms with Crippen molar-refractivity contribution in [1.29, 1.82) is 0 Å². The van der Waals surface area contributed by atoms with Crippen molar-refractivity contribution in [2.45, 2.75) is 89.2 Å². The number of aliphatic hydroxyl groups is 1. The number of carboxylic acids is 1. The van der Waals surface area contributed by atoms with Crippen LogP contribution in [0.5, 0.6) is 0 Å². The van der Waals surface area contributed by atoms with Gasteiger partial charge in [0.15, 0.2) is 0 Å². The number of hydrogen-bond donors (Lipinski definition) is 2. The highest BCUT2D eigenvalue weighted by atomic mass is 19.3. The maximum atomic E-state index is 13.8. The lowest BCUT2D eigenvalue weighted by atomic mass is 10.1. The number of aliphatic carboxylic acids is 1. The van der Waals surface area contributed by atoms with Gasteiger partial charge in [0.1, 0.15) is 0 Å². The Labute approximate surface area is 154 Å². The number of likely N-dealkylation sites (tertiary alicyclic amines) is 1. The minimum Gasteiger partial charge on any atom is -0.481 e. The third-order valence-electron chi connectivity index (χ3n) is 4.64. The van der Waals surface area contributed by atoms with Crippen LogP contribution in [0.25, 0.3) is 0 Å². The van der Waals surface area contributed by atoms with Crippen molar-refractivity contribution in [1.82, 2.24) is 4.90 Å². The largest absolute Gasteiger partial charge is 0.481 e. The molecule has 0 bridgehead atoms. The lowest BCUT2D eigenvalue weighted by molar-refractivity contribution is -0.148. The van der Waals surface area contributed by atoms with Crippen molar-refractivity contribution in [2.24, 2.45) is 0 Å². The molecule has 0 unspecified atom stereocenters. The lowest BCUT2D eigenvalue weighted by Crippen LogP contribution is -2.36. The molecule has 1 saturated heterocycles. The zero-order valence-corrected chi connectivity index (χ0v) is 15.5. The summed E-state index contributed by atoms with van der Waals surface area (Å²) in [6.07, 6.45) is 7.94. The first-order valence-electron chi connectivity index (χ1n) is 9.55. The van der Waals surface area contributed by atoms with Gasteiger partial charge in [-0.2, -0.15) is 8.78 Å². The molecule has 5 nitrogen and oxygen atoms in total. The Bertz CT molecular complexity index is 482. The van der Waals surface area contributed by atoms with Crippen LogP contribution in [-0.2, 0) is 9.59 Å². The number of aliphatic hydroxyl groups excluding tert-OH is 1.